The molecule has 1 aliphatic heterocycles. The highest BCUT2D eigenvalue weighted by atomic mass is 19.4. The van der Waals surface area contributed by atoms with Crippen LogP contribution in [0.4, 0.5) is 13.2 Å². The van der Waals surface area contributed by atoms with Gasteiger partial charge in [0.05, 0.1) is 5.69 Å². The van der Waals surface area contributed by atoms with Crippen molar-refractivity contribution >= 4 is 5.91 Å². The van der Waals surface area contributed by atoms with E-state index in [-0.39, 0.29) is 5.91 Å². The van der Waals surface area contributed by atoms with Crippen LogP contribution >= 0.6 is 0 Å². The van der Waals surface area contributed by atoms with E-state index in [0.717, 1.165) is 30.4 Å². The lowest BCUT2D eigenvalue weighted by molar-refractivity contribution is -0.141. The first-order chi connectivity index (χ1) is 14.4. The minimum absolute atomic E-state index is 0.0719. The van der Waals surface area contributed by atoms with Gasteiger partial charge in [0, 0.05) is 44.5 Å². The first kappa shape index (κ1) is 20.2. The Morgan fingerprint density at radius 1 is 0.900 bits per heavy atom. The molecule has 0 saturated carbocycles. The zero-order chi connectivity index (χ0) is 21.1. The Balaban J connectivity index is 1.36. The smallest absolute Gasteiger partial charge is 0.336 e. The van der Waals surface area contributed by atoms with Gasteiger partial charge in [-0.15, -0.1) is 0 Å². The van der Waals surface area contributed by atoms with E-state index < -0.39 is 11.9 Å². The molecular formula is C22H21F3N4O. The summed E-state index contributed by atoms with van der Waals surface area (Å²) in [5.41, 5.74) is 1.28. The van der Waals surface area contributed by atoms with Gasteiger partial charge in [-0.1, -0.05) is 30.3 Å². The Morgan fingerprint density at radius 2 is 1.57 bits per heavy atom. The van der Waals surface area contributed by atoms with Crippen molar-refractivity contribution in [1.82, 2.24) is 19.6 Å². The van der Waals surface area contributed by atoms with E-state index in [1.54, 1.807) is 24.3 Å². The Labute approximate surface area is 172 Å². The lowest BCUT2D eigenvalue weighted by Crippen LogP contribution is -2.48. The maximum Gasteiger partial charge on any atom is 0.435 e. The molecule has 0 bridgehead atoms. The third-order valence-electron chi connectivity index (χ3n) is 5.17. The number of hydrogen-bond donors (Lipinski definition) is 0. The van der Waals surface area contributed by atoms with Crippen LogP contribution in [-0.4, -0.2) is 51.7 Å². The number of amides is 1. The number of halogens is 3. The fraction of sp³-hybridized carbons (Fsp3) is 0.273. The number of carbonyl (C=O) groups excluding carboxylic acids is 1. The number of rotatable bonds is 4. The number of carbonyl (C=O) groups is 1. The predicted octanol–water partition coefficient (Wildman–Crippen LogP) is 3.85. The van der Waals surface area contributed by atoms with Gasteiger partial charge in [0.1, 0.15) is 0 Å². The first-order valence-corrected chi connectivity index (χ1v) is 9.69. The number of nitrogens with zero attached hydrogens (tertiary/aromatic N) is 4. The Hall–Kier alpha value is -3.13. The van der Waals surface area contributed by atoms with Crippen molar-refractivity contribution in [2.45, 2.75) is 12.7 Å². The summed E-state index contributed by atoms with van der Waals surface area (Å²) in [4.78, 5) is 16.9. The molecule has 2 aromatic carbocycles. The van der Waals surface area contributed by atoms with E-state index in [9.17, 15) is 18.0 Å². The third-order valence-corrected chi connectivity index (χ3v) is 5.17. The van der Waals surface area contributed by atoms with Gasteiger partial charge in [0.15, 0.2) is 5.69 Å². The van der Waals surface area contributed by atoms with Crippen molar-refractivity contribution in [2.75, 3.05) is 26.2 Å². The average molecular weight is 414 g/mol. The lowest BCUT2D eigenvalue weighted by Gasteiger charge is -2.34. The number of benzene rings is 2. The molecule has 0 N–H and O–H groups in total. The molecule has 0 atom stereocenters. The molecule has 4 rings (SSSR count). The van der Waals surface area contributed by atoms with Crippen LogP contribution < -0.4 is 0 Å². The highest BCUT2D eigenvalue weighted by molar-refractivity contribution is 5.94. The van der Waals surface area contributed by atoms with Crippen LogP contribution in [-0.2, 0) is 12.7 Å². The first-order valence-electron chi connectivity index (χ1n) is 9.69. The molecule has 2 heterocycles. The molecule has 1 fully saturated rings. The van der Waals surface area contributed by atoms with Crippen LogP contribution in [0.1, 0.15) is 21.6 Å². The molecule has 1 aliphatic rings. The fourth-order valence-electron chi connectivity index (χ4n) is 3.51. The van der Waals surface area contributed by atoms with E-state index in [2.05, 4.69) is 22.1 Å². The molecule has 0 aliphatic carbocycles. The lowest BCUT2D eigenvalue weighted by atomic mass is 10.1. The summed E-state index contributed by atoms with van der Waals surface area (Å²) in [7, 11) is 0. The molecule has 8 heteroatoms. The highest BCUT2D eigenvalue weighted by Crippen LogP contribution is 2.28. The van der Waals surface area contributed by atoms with E-state index in [1.807, 2.05) is 23.1 Å². The van der Waals surface area contributed by atoms with Crippen molar-refractivity contribution in [2.24, 2.45) is 0 Å². The molecule has 0 unspecified atom stereocenters. The maximum atomic E-state index is 12.8. The van der Waals surface area contributed by atoms with Crippen LogP contribution in [0.5, 0.6) is 0 Å². The normalized spacial score (nSPS) is 15.4. The molecule has 30 heavy (non-hydrogen) atoms. The van der Waals surface area contributed by atoms with Gasteiger partial charge in [0.25, 0.3) is 5.91 Å². The van der Waals surface area contributed by atoms with Crippen molar-refractivity contribution in [3.63, 3.8) is 0 Å². The van der Waals surface area contributed by atoms with Crippen molar-refractivity contribution < 1.29 is 18.0 Å². The van der Waals surface area contributed by atoms with Crippen molar-refractivity contribution in [1.29, 1.82) is 0 Å². The Morgan fingerprint density at radius 3 is 2.17 bits per heavy atom. The summed E-state index contributed by atoms with van der Waals surface area (Å²) in [6.45, 7) is 3.74. The SMILES string of the molecule is O=C(c1ccc(-n2ccc(C(F)(F)F)n2)cc1)N1CCN(Cc2ccccc2)CC1. The maximum absolute atomic E-state index is 12.8. The van der Waals surface area contributed by atoms with Crippen LogP contribution in [0.2, 0.25) is 0 Å². The van der Waals surface area contributed by atoms with E-state index in [0.29, 0.717) is 24.3 Å². The predicted molar refractivity (Wildman–Crippen MR) is 106 cm³/mol. The monoisotopic (exact) mass is 414 g/mol. The van der Waals surface area contributed by atoms with Crippen molar-refractivity contribution in [3.05, 3.63) is 83.7 Å². The van der Waals surface area contributed by atoms with Crippen LogP contribution in [0.15, 0.2) is 66.9 Å². The van der Waals surface area contributed by atoms with E-state index in [1.165, 1.54) is 11.8 Å². The summed E-state index contributed by atoms with van der Waals surface area (Å²) < 4.78 is 39.3. The van der Waals surface area contributed by atoms with Gasteiger partial charge >= 0.3 is 6.18 Å². The molecule has 1 amide bonds. The molecule has 156 valence electrons. The quantitative estimate of drug-likeness (QED) is 0.651. The summed E-state index contributed by atoms with van der Waals surface area (Å²) >= 11 is 0. The second kappa shape index (κ2) is 8.31. The summed E-state index contributed by atoms with van der Waals surface area (Å²) in [5, 5.41) is 3.55. The second-order valence-corrected chi connectivity index (χ2v) is 7.24. The van der Waals surface area contributed by atoms with Gasteiger partial charge in [-0.25, -0.2) is 4.68 Å². The van der Waals surface area contributed by atoms with Gasteiger partial charge in [-0.05, 0) is 35.9 Å². The number of aromatic nitrogens is 2. The molecule has 1 saturated heterocycles. The van der Waals surface area contributed by atoms with Gasteiger partial charge in [-0.3, -0.25) is 9.69 Å². The van der Waals surface area contributed by atoms with Crippen LogP contribution in [0, 0.1) is 0 Å². The van der Waals surface area contributed by atoms with Gasteiger partial charge in [0.2, 0.25) is 0 Å². The molecular weight excluding hydrogens is 393 g/mol. The standard InChI is InChI=1S/C22H21F3N4O/c23-22(24,25)20-10-11-29(26-20)19-8-6-18(7-9-19)21(30)28-14-12-27(13-15-28)16-17-4-2-1-3-5-17/h1-11H,12-16H2. The largest absolute Gasteiger partial charge is 0.435 e. The second-order valence-electron chi connectivity index (χ2n) is 7.24. The molecule has 0 radical (unpaired) electrons. The third kappa shape index (κ3) is 4.54. The highest BCUT2D eigenvalue weighted by Gasteiger charge is 2.33. The fourth-order valence-corrected chi connectivity index (χ4v) is 3.51. The minimum Gasteiger partial charge on any atom is -0.336 e. The topological polar surface area (TPSA) is 41.4 Å². The minimum atomic E-state index is -4.48. The summed E-state index contributed by atoms with van der Waals surface area (Å²) in [6, 6.07) is 17.6. The molecule has 5 nitrogen and oxygen atoms in total. The number of piperazine rings is 1. The zero-order valence-corrected chi connectivity index (χ0v) is 16.2. The van der Waals surface area contributed by atoms with E-state index in [4.69, 9.17) is 0 Å². The summed E-state index contributed by atoms with van der Waals surface area (Å²) in [5.74, 6) is -0.0719. The molecule has 0 spiro atoms. The van der Waals surface area contributed by atoms with Gasteiger partial charge in [-0.2, -0.15) is 18.3 Å². The van der Waals surface area contributed by atoms with Gasteiger partial charge < -0.3 is 4.90 Å². The average Bonchev–Trinajstić information content (AvgIpc) is 3.26. The number of alkyl halides is 3. The molecule has 1 aromatic heterocycles. The Kier molecular flexibility index (Phi) is 5.59. The zero-order valence-electron chi connectivity index (χ0n) is 16.2. The molecule has 3 aromatic rings. The van der Waals surface area contributed by atoms with Crippen LogP contribution in [0.3, 0.4) is 0 Å². The van der Waals surface area contributed by atoms with Crippen LogP contribution in [0.25, 0.3) is 5.69 Å². The summed E-state index contributed by atoms with van der Waals surface area (Å²) in [6.07, 6.45) is -3.23. The number of hydrogen-bond acceptors (Lipinski definition) is 3. The van der Waals surface area contributed by atoms with E-state index >= 15 is 0 Å². The Bertz CT molecular complexity index is 991. The van der Waals surface area contributed by atoms with Crippen molar-refractivity contribution in [3.8, 4) is 5.69 Å².